The molecule has 0 aromatic heterocycles. The zero-order chi connectivity index (χ0) is 16.1. The van der Waals surface area contributed by atoms with E-state index in [2.05, 4.69) is 10.6 Å². The number of carbonyl (C=O) groups is 1. The maximum Gasteiger partial charge on any atom is 0.241 e. The summed E-state index contributed by atoms with van der Waals surface area (Å²) >= 11 is 12.0. The second-order valence-corrected chi connectivity index (χ2v) is 5.98. The number of benzene rings is 2. The van der Waals surface area contributed by atoms with Gasteiger partial charge in [0.05, 0.1) is 16.8 Å². The second-order valence-electron chi connectivity index (χ2n) is 5.13. The normalized spacial score (nSPS) is 13.5. The molecule has 0 heterocycles. The van der Waals surface area contributed by atoms with Gasteiger partial charge in [-0.1, -0.05) is 53.5 Å². The summed E-state index contributed by atoms with van der Waals surface area (Å²) in [6.45, 7) is 3.83. The van der Waals surface area contributed by atoms with E-state index >= 15 is 0 Å². The third kappa shape index (κ3) is 4.47. The molecule has 1 amide bonds. The first-order chi connectivity index (χ1) is 10.5. The van der Waals surface area contributed by atoms with Crippen LogP contribution in [0.25, 0.3) is 0 Å². The van der Waals surface area contributed by atoms with Crippen LogP contribution in [0.4, 0.5) is 5.69 Å². The third-order valence-corrected chi connectivity index (χ3v) is 3.94. The summed E-state index contributed by atoms with van der Waals surface area (Å²) in [5, 5.41) is 7.04. The van der Waals surface area contributed by atoms with E-state index in [1.54, 1.807) is 18.2 Å². The minimum absolute atomic E-state index is 0.0665. The molecule has 2 aromatic rings. The van der Waals surface area contributed by atoms with Crippen molar-refractivity contribution in [2.24, 2.45) is 0 Å². The Bertz CT molecular complexity index is 646. The second kappa shape index (κ2) is 7.63. The zero-order valence-electron chi connectivity index (χ0n) is 12.4. The third-order valence-electron chi connectivity index (χ3n) is 3.38. The number of hydrogen-bond donors (Lipinski definition) is 2. The van der Waals surface area contributed by atoms with Gasteiger partial charge in [-0.2, -0.15) is 0 Å². The molecule has 0 saturated heterocycles. The van der Waals surface area contributed by atoms with Crippen molar-refractivity contribution in [2.45, 2.75) is 25.9 Å². The monoisotopic (exact) mass is 336 g/mol. The Kier molecular flexibility index (Phi) is 5.83. The van der Waals surface area contributed by atoms with Gasteiger partial charge >= 0.3 is 0 Å². The molecular formula is C17H18Cl2N2O. The smallest absolute Gasteiger partial charge is 0.241 e. The zero-order valence-corrected chi connectivity index (χ0v) is 13.9. The van der Waals surface area contributed by atoms with E-state index in [-0.39, 0.29) is 18.0 Å². The molecule has 0 spiro atoms. The fourth-order valence-corrected chi connectivity index (χ4v) is 2.46. The highest BCUT2D eigenvalue weighted by Crippen LogP contribution is 2.25. The van der Waals surface area contributed by atoms with Crippen LogP contribution in [0.5, 0.6) is 0 Å². The number of anilines is 1. The lowest BCUT2D eigenvalue weighted by atomic mass is 10.1. The molecule has 0 fully saturated rings. The minimum atomic E-state index is -0.370. The summed E-state index contributed by atoms with van der Waals surface area (Å²) in [7, 11) is 0. The molecule has 0 bridgehead atoms. The largest absolute Gasteiger partial charge is 0.323 e. The molecule has 2 aromatic carbocycles. The molecule has 0 unspecified atom stereocenters. The predicted molar refractivity (Wildman–Crippen MR) is 92.5 cm³/mol. The molecule has 0 aliphatic heterocycles. The van der Waals surface area contributed by atoms with Crippen LogP contribution in [-0.2, 0) is 4.79 Å². The molecule has 2 N–H and O–H groups in total. The van der Waals surface area contributed by atoms with Gasteiger partial charge in [-0.3, -0.25) is 10.1 Å². The van der Waals surface area contributed by atoms with Gasteiger partial charge in [0.1, 0.15) is 0 Å². The van der Waals surface area contributed by atoms with Crippen LogP contribution in [0.15, 0.2) is 48.5 Å². The quantitative estimate of drug-likeness (QED) is 0.832. The Morgan fingerprint density at radius 2 is 1.73 bits per heavy atom. The van der Waals surface area contributed by atoms with Crippen molar-refractivity contribution < 1.29 is 4.79 Å². The van der Waals surface area contributed by atoms with Crippen molar-refractivity contribution in [3.05, 3.63) is 64.1 Å². The highest BCUT2D eigenvalue weighted by Gasteiger charge is 2.17. The summed E-state index contributed by atoms with van der Waals surface area (Å²) in [4.78, 5) is 12.3. The predicted octanol–water partition coefficient (Wildman–Crippen LogP) is 4.67. The molecule has 0 radical (unpaired) electrons. The Labute approximate surface area is 140 Å². The Hall–Kier alpha value is -1.55. The lowest BCUT2D eigenvalue weighted by molar-refractivity contribution is -0.117. The molecule has 2 rings (SSSR count). The summed E-state index contributed by atoms with van der Waals surface area (Å²) in [6, 6.07) is 14.6. The van der Waals surface area contributed by atoms with Crippen molar-refractivity contribution in [1.29, 1.82) is 0 Å². The summed E-state index contributed by atoms with van der Waals surface area (Å²) in [5.41, 5.74) is 1.64. The Morgan fingerprint density at radius 3 is 2.41 bits per heavy atom. The fraction of sp³-hybridized carbons (Fsp3) is 0.235. The van der Waals surface area contributed by atoms with E-state index in [0.717, 1.165) is 5.56 Å². The van der Waals surface area contributed by atoms with E-state index < -0.39 is 0 Å². The average Bonchev–Trinajstić information content (AvgIpc) is 2.51. The van der Waals surface area contributed by atoms with Gasteiger partial charge in [-0.25, -0.2) is 0 Å². The molecule has 0 aliphatic carbocycles. The van der Waals surface area contributed by atoms with Gasteiger partial charge in [0.2, 0.25) is 5.91 Å². The maximum atomic E-state index is 12.3. The first-order valence-electron chi connectivity index (χ1n) is 7.04. The van der Waals surface area contributed by atoms with Gasteiger partial charge in [-0.15, -0.1) is 0 Å². The molecule has 3 nitrogen and oxygen atoms in total. The highest BCUT2D eigenvalue weighted by atomic mass is 35.5. The number of rotatable bonds is 5. The van der Waals surface area contributed by atoms with Gasteiger partial charge in [0, 0.05) is 11.1 Å². The fourth-order valence-electron chi connectivity index (χ4n) is 2.12. The molecule has 116 valence electrons. The Morgan fingerprint density at radius 1 is 1.05 bits per heavy atom. The van der Waals surface area contributed by atoms with Crippen LogP contribution in [0.3, 0.4) is 0 Å². The van der Waals surface area contributed by atoms with Crippen LogP contribution >= 0.6 is 23.2 Å². The van der Waals surface area contributed by atoms with Crippen LogP contribution in [0.2, 0.25) is 10.0 Å². The molecule has 0 aliphatic rings. The van der Waals surface area contributed by atoms with Crippen molar-refractivity contribution in [2.75, 3.05) is 5.32 Å². The van der Waals surface area contributed by atoms with Crippen molar-refractivity contribution in [3.8, 4) is 0 Å². The van der Waals surface area contributed by atoms with Crippen molar-refractivity contribution in [3.63, 3.8) is 0 Å². The molecule has 0 saturated carbocycles. The summed E-state index contributed by atoms with van der Waals surface area (Å²) in [6.07, 6.45) is 0. The topological polar surface area (TPSA) is 41.1 Å². The maximum absolute atomic E-state index is 12.3. The number of halogens is 2. The number of carbonyl (C=O) groups excluding carboxylic acids is 1. The van der Waals surface area contributed by atoms with E-state index in [1.165, 1.54) is 0 Å². The lowest BCUT2D eigenvalue weighted by Gasteiger charge is -2.20. The summed E-state index contributed by atoms with van der Waals surface area (Å²) in [5.74, 6) is -0.160. The Balaban J connectivity index is 1.99. The van der Waals surface area contributed by atoms with E-state index in [9.17, 15) is 4.79 Å². The first-order valence-corrected chi connectivity index (χ1v) is 7.80. The molecule has 5 heteroatoms. The molecule has 2 atom stereocenters. The van der Waals surface area contributed by atoms with Crippen molar-refractivity contribution in [1.82, 2.24) is 5.32 Å². The van der Waals surface area contributed by atoms with E-state index in [0.29, 0.717) is 15.7 Å². The number of amides is 1. The van der Waals surface area contributed by atoms with Crippen molar-refractivity contribution >= 4 is 34.8 Å². The average molecular weight is 337 g/mol. The van der Waals surface area contributed by atoms with Gasteiger partial charge in [-0.05, 0) is 37.6 Å². The standard InChI is InChI=1S/C17H18Cl2N2O/c1-11(13-6-4-3-5-7-13)20-12(2)17(22)21-16-10-14(18)8-9-15(16)19/h3-12,20H,1-2H3,(H,21,22)/t11-,12-/m1/s1. The first kappa shape index (κ1) is 16.8. The van der Waals surface area contributed by atoms with E-state index in [1.807, 2.05) is 44.2 Å². The van der Waals surface area contributed by atoms with Crippen LogP contribution in [0, 0.1) is 0 Å². The van der Waals surface area contributed by atoms with Crippen LogP contribution in [-0.4, -0.2) is 11.9 Å². The number of hydrogen-bond acceptors (Lipinski definition) is 2. The SMILES string of the molecule is C[C@@H](N[C@H](C)c1ccccc1)C(=O)Nc1cc(Cl)ccc1Cl. The molecular weight excluding hydrogens is 319 g/mol. The summed E-state index contributed by atoms with van der Waals surface area (Å²) < 4.78 is 0. The van der Waals surface area contributed by atoms with Crippen LogP contribution in [0.1, 0.15) is 25.5 Å². The number of nitrogens with one attached hydrogen (secondary N) is 2. The molecule has 22 heavy (non-hydrogen) atoms. The van der Waals surface area contributed by atoms with Gasteiger partial charge < -0.3 is 5.32 Å². The highest BCUT2D eigenvalue weighted by molar-refractivity contribution is 6.35. The van der Waals surface area contributed by atoms with Crippen LogP contribution < -0.4 is 10.6 Å². The van der Waals surface area contributed by atoms with Gasteiger partial charge in [0.15, 0.2) is 0 Å². The lowest BCUT2D eigenvalue weighted by Crippen LogP contribution is -2.39. The minimum Gasteiger partial charge on any atom is -0.323 e. The van der Waals surface area contributed by atoms with Gasteiger partial charge in [0.25, 0.3) is 0 Å². The van der Waals surface area contributed by atoms with E-state index in [4.69, 9.17) is 23.2 Å².